The lowest BCUT2D eigenvalue weighted by Crippen LogP contribution is -1.85. The van der Waals surface area contributed by atoms with E-state index in [-0.39, 0.29) is 0 Å². The molecule has 0 spiro atoms. The molecule has 0 saturated heterocycles. The molecule has 8 heavy (non-hydrogen) atoms. The Morgan fingerprint density at radius 3 is 1.12 bits per heavy atom. The van der Waals surface area contributed by atoms with Gasteiger partial charge in [-0.25, -0.2) is 0 Å². The molecule has 0 fully saturated rings. The van der Waals surface area contributed by atoms with E-state index >= 15 is 0 Å². The van der Waals surface area contributed by atoms with Gasteiger partial charge in [-0.15, -0.1) is 11.6 Å². The summed E-state index contributed by atoms with van der Waals surface area (Å²) >= 11 is 4.64. The monoisotopic (exact) mass is 126 g/mol. The summed E-state index contributed by atoms with van der Waals surface area (Å²) in [6, 6.07) is 8.48. The highest BCUT2D eigenvalue weighted by molar-refractivity contribution is 6.15. The molecule has 0 nitrogen and oxygen atoms in total. The second kappa shape index (κ2) is 2.19. The fourth-order valence-corrected chi connectivity index (χ4v) is 0.663. The Hall–Kier alpha value is -0.490. The van der Waals surface area contributed by atoms with E-state index in [1.807, 2.05) is 0 Å². The molecule has 2 aliphatic rings. The van der Waals surface area contributed by atoms with Crippen LogP contribution in [0.15, 0.2) is 24.3 Å². The summed E-state index contributed by atoms with van der Waals surface area (Å²) in [5.41, 5.74) is 2.85. The van der Waals surface area contributed by atoms with Crippen molar-refractivity contribution < 1.29 is 0 Å². The Morgan fingerprint density at radius 1 is 0.875 bits per heavy atom. The highest BCUT2D eigenvalue weighted by atomic mass is 35.5. The third kappa shape index (κ3) is 0.614. The van der Waals surface area contributed by atoms with Crippen LogP contribution < -0.4 is 0 Å². The van der Waals surface area contributed by atoms with Crippen molar-refractivity contribution in [3.63, 3.8) is 0 Å². The molecule has 0 saturated carbocycles. The molecule has 0 amide bonds. The Balaban J connectivity index is 0.000000147. The van der Waals surface area contributed by atoms with E-state index in [9.17, 15) is 0 Å². The first-order valence-electron chi connectivity index (χ1n) is 2.45. The maximum Gasteiger partial charge on any atom is 0.0108 e. The Labute approximate surface area is 54.1 Å². The number of rotatable bonds is 0. The highest BCUT2D eigenvalue weighted by Crippen LogP contribution is 2.29. The molecule has 0 heterocycles. The van der Waals surface area contributed by atoms with Crippen molar-refractivity contribution in [2.45, 2.75) is 0 Å². The van der Waals surface area contributed by atoms with Crippen LogP contribution >= 0.6 is 11.6 Å². The first kappa shape index (κ1) is 5.64. The SMILES string of the molecule is CCl.c1cc2ccc1-2. The zero-order chi connectivity index (χ0) is 5.98. The summed E-state index contributed by atoms with van der Waals surface area (Å²) in [7, 11) is 0. The molecule has 2 aliphatic carbocycles. The van der Waals surface area contributed by atoms with Gasteiger partial charge in [-0.1, -0.05) is 24.3 Å². The normalized spacial score (nSPS) is 9.25. The summed E-state index contributed by atoms with van der Waals surface area (Å²) in [4.78, 5) is 0. The average molecular weight is 127 g/mol. The quantitative estimate of drug-likeness (QED) is 0.476. The fraction of sp³-hybridized carbons (Fsp3) is 0.143. The van der Waals surface area contributed by atoms with Crippen LogP contribution in [0.3, 0.4) is 0 Å². The lowest BCUT2D eigenvalue weighted by Gasteiger charge is -2.10. The van der Waals surface area contributed by atoms with Crippen molar-refractivity contribution in [1.82, 2.24) is 0 Å². The van der Waals surface area contributed by atoms with Crippen molar-refractivity contribution in [1.29, 1.82) is 0 Å². The van der Waals surface area contributed by atoms with Gasteiger partial charge in [0.2, 0.25) is 0 Å². The van der Waals surface area contributed by atoms with Gasteiger partial charge in [0.1, 0.15) is 0 Å². The van der Waals surface area contributed by atoms with Crippen molar-refractivity contribution in [2.24, 2.45) is 0 Å². The Bertz CT molecular complexity index is 143. The summed E-state index contributed by atoms with van der Waals surface area (Å²) in [5.74, 6) is 0. The molecule has 0 unspecified atom stereocenters. The Kier molecular flexibility index (Phi) is 1.54. The number of fused-ring (bicyclic) bond motifs is 1. The first-order valence-corrected chi connectivity index (χ1v) is 3.21. The zero-order valence-corrected chi connectivity index (χ0v) is 5.44. The third-order valence-corrected chi connectivity index (χ3v) is 1.22. The van der Waals surface area contributed by atoms with Crippen LogP contribution in [0, 0.1) is 0 Å². The van der Waals surface area contributed by atoms with Crippen molar-refractivity contribution in [2.75, 3.05) is 6.38 Å². The number of hydrogen-bond acceptors (Lipinski definition) is 0. The van der Waals surface area contributed by atoms with Crippen LogP contribution in [-0.2, 0) is 0 Å². The van der Waals surface area contributed by atoms with Gasteiger partial charge in [-0.3, -0.25) is 0 Å². The number of hydrogen-bond donors (Lipinski definition) is 0. The number of benzene rings is 1. The molecule has 0 aromatic rings. The molecular weight excluding hydrogens is 120 g/mol. The van der Waals surface area contributed by atoms with E-state index in [2.05, 4.69) is 35.9 Å². The van der Waals surface area contributed by atoms with Crippen molar-refractivity contribution in [3.05, 3.63) is 24.3 Å². The summed E-state index contributed by atoms with van der Waals surface area (Å²) < 4.78 is 0. The Morgan fingerprint density at radius 2 is 1.12 bits per heavy atom. The predicted octanol–water partition coefficient (Wildman–Crippen LogP) is 2.52. The van der Waals surface area contributed by atoms with Gasteiger partial charge >= 0.3 is 0 Å². The largest absolute Gasteiger partial charge is 0.130 e. The van der Waals surface area contributed by atoms with Crippen LogP contribution in [0.1, 0.15) is 0 Å². The average Bonchev–Trinajstić information content (AvgIpc) is 1.83. The molecule has 0 aliphatic heterocycles. The van der Waals surface area contributed by atoms with E-state index in [1.165, 1.54) is 17.5 Å². The van der Waals surface area contributed by atoms with Crippen LogP contribution in [-0.4, -0.2) is 6.38 Å². The van der Waals surface area contributed by atoms with Crippen LogP contribution in [0.2, 0.25) is 0 Å². The molecule has 0 N–H and O–H groups in total. The third-order valence-electron chi connectivity index (χ3n) is 1.22. The van der Waals surface area contributed by atoms with E-state index in [1.54, 1.807) is 0 Å². The predicted molar refractivity (Wildman–Crippen MR) is 37.2 cm³/mol. The summed E-state index contributed by atoms with van der Waals surface area (Å²) in [6.45, 7) is 0. The van der Waals surface area contributed by atoms with Gasteiger partial charge in [0.05, 0.1) is 0 Å². The summed E-state index contributed by atoms with van der Waals surface area (Å²) in [5, 5.41) is 0. The van der Waals surface area contributed by atoms with Gasteiger partial charge in [-0.05, 0) is 11.1 Å². The molecule has 0 radical (unpaired) electrons. The van der Waals surface area contributed by atoms with Gasteiger partial charge in [0.15, 0.2) is 0 Å². The first-order chi connectivity index (χ1) is 3.97. The molecule has 2 rings (SSSR count). The minimum Gasteiger partial charge on any atom is -0.130 e. The maximum absolute atomic E-state index is 4.64. The lowest BCUT2D eigenvalue weighted by atomic mass is 9.95. The highest BCUT2D eigenvalue weighted by Gasteiger charge is 2.03. The molecule has 0 aromatic heterocycles. The number of halogens is 1. The molecule has 0 aromatic carbocycles. The molecule has 0 bridgehead atoms. The minimum atomic E-state index is 1.43. The van der Waals surface area contributed by atoms with E-state index in [0.717, 1.165) is 0 Å². The smallest absolute Gasteiger partial charge is 0.0108 e. The topological polar surface area (TPSA) is 0 Å². The molecule has 0 atom stereocenters. The van der Waals surface area contributed by atoms with Crippen LogP contribution in [0.25, 0.3) is 11.1 Å². The minimum absolute atomic E-state index is 1.43. The van der Waals surface area contributed by atoms with Crippen molar-refractivity contribution >= 4 is 11.6 Å². The standard InChI is InChI=1S/C6H4.CH3Cl/c1-2-6-4-3-5(1)6;1-2/h1-4H;1H3. The fourth-order valence-electron chi connectivity index (χ4n) is 0.663. The second-order valence-corrected chi connectivity index (χ2v) is 1.58. The van der Waals surface area contributed by atoms with Gasteiger partial charge < -0.3 is 0 Å². The molecule has 42 valence electrons. The summed E-state index contributed by atoms with van der Waals surface area (Å²) in [6.07, 6.45) is 1.47. The van der Waals surface area contributed by atoms with E-state index < -0.39 is 0 Å². The van der Waals surface area contributed by atoms with E-state index in [4.69, 9.17) is 0 Å². The van der Waals surface area contributed by atoms with Gasteiger partial charge in [0.25, 0.3) is 0 Å². The van der Waals surface area contributed by atoms with Gasteiger partial charge in [0, 0.05) is 6.38 Å². The molecule has 1 heteroatoms. The van der Waals surface area contributed by atoms with Crippen LogP contribution in [0.4, 0.5) is 0 Å². The number of alkyl halides is 1. The van der Waals surface area contributed by atoms with Crippen molar-refractivity contribution in [3.8, 4) is 11.1 Å². The van der Waals surface area contributed by atoms with E-state index in [0.29, 0.717) is 0 Å². The lowest BCUT2D eigenvalue weighted by molar-refractivity contribution is 1.55. The van der Waals surface area contributed by atoms with Crippen LogP contribution in [0.5, 0.6) is 0 Å². The van der Waals surface area contributed by atoms with Gasteiger partial charge in [-0.2, -0.15) is 0 Å². The zero-order valence-electron chi connectivity index (χ0n) is 4.69. The molecular formula is C7H7Cl. The maximum atomic E-state index is 4.64. The second-order valence-electron chi connectivity index (χ2n) is 1.58.